The van der Waals surface area contributed by atoms with E-state index in [0.717, 1.165) is 67.1 Å². The van der Waals surface area contributed by atoms with E-state index in [9.17, 15) is 0 Å². The molecule has 246 valence electrons. The first-order chi connectivity index (χ1) is 20.8. The summed E-state index contributed by atoms with van der Waals surface area (Å²) < 4.78 is 45.0. The summed E-state index contributed by atoms with van der Waals surface area (Å²) in [5.41, 5.74) is 1.02. The van der Waals surface area contributed by atoms with Crippen LogP contribution in [0.1, 0.15) is 56.9 Å². The highest BCUT2D eigenvalue weighted by atomic mass is 32.1. The lowest BCUT2D eigenvalue weighted by atomic mass is 10.2. The maximum absolute atomic E-state index is 8.61. The van der Waals surface area contributed by atoms with Gasteiger partial charge in [0.2, 0.25) is 0 Å². The Labute approximate surface area is 265 Å². The van der Waals surface area contributed by atoms with Crippen LogP contribution in [0.2, 0.25) is 0 Å². The first-order valence-electron chi connectivity index (χ1n) is 15.5. The molecule has 1 N–H and O–H groups in total. The first-order valence-corrected chi connectivity index (χ1v) is 16.7. The molecular formula is C31H56O9S2. The van der Waals surface area contributed by atoms with E-state index in [-0.39, 0.29) is 6.61 Å². The van der Waals surface area contributed by atoms with Gasteiger partial charge in [0.25, 0.3) is 0 Å². The van der Waals surface area contributed by atoms with Crippen LogP contribution < -0.4 is 9.47 Å². The molecule has 1 aromatic carbocycles. The molecule has 0 aliphatic rings. The number of unbranched alkanes of at least 4 members (excludes halogenated alkanes) is 6. The molecule has 1 rings (SSSR count). The van der Waals surface area contributed by atoms with Crippen molar-refractivity contribution in [3.8, 4) is 11.5 Å². The Balaban J connectivity index is 2.16. The second-order valence-electron chi connectivity index (χ2n) is 9.62. The number of aliphatic hydroxyl groups is 1. The van der Waals surface area contributed by atoms with Gasteiger partial charge in [-0.3, -0.25) is 0 Å². The first kappa shape index (κ1) is 39.3. The van der Waals surface area contributed by atoms with Gasteiger partial charge >= 0.3 is 0 Å². The van der Waals surface area contributed by atoms with Crippen LogP contribution in [0.15, 0.2) is 18.2 Å². The van der Waals surface area contributed by atoms with Gasteiger partial charge in [0, 0.05) is 6.07 Å². The second kappa shape index (κ2) is 31.7. The third-order valence-corrected chi connectivity index (χ3v) is 6.58. The lowest BCUT2D eigenvalue weighted by Crippen LogP contribution is -2.14. The molecule has 0 radical (unpaired) electrons. The highest BCUT2D eigenvalue weighted by Gasteiger charge is 2.05. The number of aliphatic hydroxyl groups excluding tert-OH is 1. The van der Waals surface area contributed by atoms with Gasteiger partial charge in [0.15, 0.2) is 0 Å². The van der Waals surface area contributed by atoms with Crippen molar-refractivity contribution in [2.45, 2.75) is 58.0 Å². The fraction of sp³-hybridized carbons (Fsp3) is 0.806. The predicted octanol–water partition coefficient (Wildman–Crippen LogP) is 5.02. The molecule has 11 heteroatoms. The van der Waals surface area contributed by atoms with Crippen LogP contribution in [0.5, 0.6) is 11.5 Å². The van der Waals surface area contributed by atoms with E-state index in [2.05, 4.69) is 25.3 Å². The van der Waals surface area contributed by atoms with E-state index < -0.39 is 0 Å². The van der Waals surface area contributed by atoms with E-state index in [4.69, 9.17) is 43.0 Å². The van der Waals surface area contributed by atoms with Crippen LogP contribution >= 0.6 is 25.3 Å². The molecule has 0 heterocycles. The third kappa shape index (κ3) is 25.7. The minimum atomic E-state index is 0.0279. The summed E-state index contributed by atoms with van der Waals surface area (Å²) in [5.74, 6) is 3.53. The Morgan fingerprint density at radius 2 is 0.810 bits per heavy atom. The smallest absolute Gasteiger partial charge is 0.123 e. The van der Waals surface area contributed by atoms with Crippen LogP contribution in [-0.2, 0) is 35.0 Å². The summed E-state index contributed by atoms with van der Waals surface area (Å²) in [4.78, 5) is 0. The van der Waals surface area contributed by atoms with Crippen LogP contribution in [-0.4, -0.2) is 109 Å². The average Bonchev–Trinajstić information content (AvgIpc) is 3.00. The summed E-state index contributed by atoms with van der Waals surface area (Å²) in [5, 5.41) is 8.61. The Morgan fingerprint density at radius 1 is 0.429 bits per heavy atom. The van der Waals surface area contributed by atoms with E-state index in [1.54, 1.807) is 0 Å². The molecule has 0 aromatic heterocycles. The Hall–Kier alpha value is -0.760. The quantitative estimate of drug-likeness (QED) is 0.0727. The number of thiol groups is 2. The number of hydrogen-bond donors (Lipinski definition) is 3. The monoisotopic (exact) mass is 636 g/mol. The molecule has 0 spiro atoms. The molecule has 0 saturated carbocycles. The molecule has 1 aromatic rings. The normalized spacial score (nSPS) is 11.3. The Kier molecular flexibility index (Phi) is 29.6. The maximum atomic E-state index is 8.61. The molecule has 0 bridgehead atoms. The van der Waals surface area contributed by atoms with E-state index in [1.807, 2.05) is 18.2 Å². The van der Waals surface area contributed by atoms with Crippen molar-refractivity contribution >= 4 is 25.3 Å². The number of benzene rings is 1. The fourth-order valence-electron chi connectivity index (χ4n) is 3.75. The van der Waals surface area contributed by atoms with Crippen molar-refractivity contribution in [3.05, 3.63) is 23.8 Å². The summed E-state index contributed by atoms with van der Waals surface area (Å²) >= 11 is 8.55. The maximum Gasteiger partial charge on any atom is 0.123 e. The zero-order valence-corrected chi connectivity index (χ0v) is 27.3. The van der Waals surface area contributed by atoms with Crippen molar-refractivity contribution in [2.75, 3.05) is 104 Å². The molecule has 0 amide bonds. The highest BCUT2D eigenvalue weighted by Crippen LogP contribution is 2.24. The average molecular weight is 637 g/mol. The van der Waals surface area contributed by atoms with Gasteiger partial charge in [0.1, 0.15) is 11.5 Å². The fourth-order valence-corrected chi connectivity index (χ4v) is 4.20. The third-order valence-electron chi connectivity index (χ3n) is 5.95. The van der Waals surface area contributed by atoms with Crippen LogP contribution in [0.3, 0.4) is 0 Å². The molecule has 42 heavy (non-hydrogen) atoms. The van der Waals surface area contributed by atoms with E-state index in [0.29, 0.717) is 92.5 Å². The van der Waals surface area contributed by atoms with Crippen molar-refractivity contribution in [1.29, 1.82) is 0 Å². The van der Waals surface area contributed by atoms with Crippen LogP contribution in [0.4, 0.5) is 0 Å². The topological polar surface area (TPSA) is 94.1 Å². The predicted molar refractivity (Wildman–Crippen MR) is 173 cm³/mol. The molecular weight excluding hydrogens is 580 g/mol. The lowest BCUT2D eigenvalue weighted by Gasteiger charge is -2.13. The van der Waals surface area contributed by atoms with Gasteiger partial charge in [0.05, 0.1) is 99.1 Å². The minimum Gasteiger partial charge on any atom is -0.493 e. The van der Waals surface area contributed by atoms with Gasteiger partial charge < -0.3 is 43.0 Å². The van der Waals surface area contributed by atoms with Gasteiger partial charge in [-0.05, 0) is 54.9 Å². The van der Waals surface area contributed by atoms with Crippen LogP contribution in [0, 0.1) is 0 Å². The van der Waals surface area contributed by atoms with Crippen molar-refractivity contribution in [2.24, 2.45) is 0 Å². The van der Waals surface area contributed by atoms with E-state index >= 15 is 0 Å². The second-order valence-corrected chi connectivity index (χ2v) is 10.5. The zero-order chi connectivity index (χ0) is 30.2. The zero-order valence-electron chi connectivity index (χ0n) is 25.5. The number of rotatable bonds is 33. The molecule has 0 aliphatic heterocycles. The van der Waals surface area contributed by atoms with Gasteiger partial charge in [-0.2, -0.15) is 25.3 Å². The summed E-state index contributed by atoms with van der Waals surface area (Å²) in [7, 11) is 0. The van der Waals surface area contributed by atoms with Crippen molar-refractivity contribution in [3.63, 3.8) is 0 Å². The van der Waals surface area contributed by atoms with Gasteiger partial charge in [-0.25, -0.2) is 0 Å². The summed E-state index contributed by atoms with van der Waals surface area (Å²) in [6.45, 7) is 7.21. The van der Waals surface area contributed by atoms with E-state index in [1.165, 1.54) is 12.8 Å². The molecule has 0 aliphatic carbocycles. The molecule has 0 unspecified atom stereocenters. The van der Waals surface area contributed by atoms with Gasteiger partial charge in [-0.15, -0.1) is 0 Å². The van der Waals surface area contributed by atoms with Gasteiger partial charge in [-0.1, -0.05) is 25.7 Å². The lowest BCUT2D eigenvalue weighted by molar-refractivity contribution is -0.0190. The highest BCUT2D eigenvalue weighted by molar-refractivity contribution is 7.80. The summed E-state index contributed by atoms with van der Waals surface area (Å²) in [6.07, 6.45) is 9.03. The van der Waals surface area contributed by atoms with Crippen molar-refractivity contribution < 1.29 is 43.0 Å². The minimum absolute atomic E-state index is 0.0279. The molecule has 0 saturated heterocycles. The van der Waals surface area contributed by atoms with Crippen molar-refractivity contribution in [1.82, 2.24) is 0 Å². The number of hydrogen-bond acceptors (Lipinski definition) is 11. The van der Waals surface area contributed by atoms with Crippen LogP contribution in [0.25, 0.3) is 0 Å². The Morgan fingerprint density at radius 3 is 1.21 bits per heavy atom. The largest absolute Gasteiger partial charge is 0.493 e. The Bertz CT molecular complexity index is 666. The standard InChI is InChI=1S/C31H56O9S2/c32-9-12-33-13-14-34-15-16-35-17-18-36-19-20-37-21-22-38-28-29-25-30(39-10-5-1-3-7-23-41)27-31(26-29)40-11-6-2-4-8-24-42/h25-27,32,41-42H,1-24,28H2. The summed E-state index contributed by atoms with van der Waals surface area (Å²) in [6, 6.07) is 6.04. The molecule has 0 atom stereocenters. The molecule has 9 nitrogen and oxygen atoms in total. The number of ether oxygens (including phenoxy) is 8. The SMILES string of the molecule is OCCOCCOCCOCCOCCOCCOCc1cc(OCCCCCCS)cc(OCCCCCCS)c1. The molecule has 0 fully saturated rings.